The molecule has 3 fully saturated rings. The van der Waals surface area contributed by atoms with Crippen molar-refractivity contribution in [2.75, 3.05) is 25.4 Å². The van der Waals surface area contributed by atoms with Crippen LogP contribution in [0, 0.1) is 17.8 Å². The third-order valence-corrected chi connectivity index (χ3v) is 7.96. The number of nitrogen functional groups attached to an aromatic ring is 1. The molecule has 2 aromatic heterocycles. The van der Waals surface area contributed by atoms with Crippen LogP contribution in [0.25, 0.3) is 11.3 Å². The summed E-state index contributed by atoms with van der Waals surface area (Å²) in [5, 5.41) is 14.1. The molecule has 1 aliphatic heterocycles. The molecule has 6 nitrogen and oxygen atoms in total. The van der Waals surface area contributed by atoms with Crippen molar-refractivity contribution in [3.8, 4) is 11.3 Å². The number of aromatic nitrogens is 3. The number of nitrogens with two attached hydrogens (primary N) is 1. The van der Waals surface area contributed by atoms with Crippen molar-refractivity contribution in [1.82, 2.24) is 19.7 Å². The number of halogens is 3. The second-order valence-electron chi connectivity index (χ2n) is 10.3. The van der Waals surface area contributed by atoms with E-state index in [2.05, 4.69) is 28.8 Å². The van der Waals surface area contributed by atoms with Gasteiger partial charge in [0.1, 0.15) is 5.82 Å². The molecule has 1 saturated heterocycles. The molecule has 0 amide bonds. The van der Waals surface area contributed by atoms with Crippen molar-refractivity contribution in [3.63, 3.8) is 0 Å². The van der Waals surface area contributed by atoms with Gasteiger partial charge >= 0.3 is 6.18 Å². The SMILES string of the molecule is CC(C)n1nc(-c2cnc(N)c(C(F)(F)F)c2)cc1[C@H]1[C@@H]2C[C@H](N3CCC(CO)CC3)C[C@@H]21. The zero-order valence-electron chi connectivity index (χ0n) is 19.1. The van der Waals surface area contributed by atoms with Gasteiger partial charge in [-0.3, -0.25) is 4.68 Å². The number of fused-ring (bicyclic) bond motifs is 1. The van der Waals surface area contributed by atoms with Gasteiger partial charge < -0.3 is 15.7 Å². The van der Waals surface area contributed by atoms with Gasteiger partial charge in [0.15, 0.2) is 0 Å². The van der Waals surface area contributed by atoms with E-state index in [0.717, 1.165) is 37.7 Å². The largest absolute Gasteiger partial charge is 0.419 e. The summed E-state index contributed by atoms with van der Waals surface area (Å²) in [7, 11) is 0. The van der Waals surface area contributed by atoms with Crippen molar-refractivity contribution >= 4 is 5.82 Å². The number of aliphatic hydroxyl groups excluding tert-OH is 1. The van der Waals surface area contributed by atoms with Gasteiger partial charge in [0, 0.05) is 42.1 Å². The highest BCUT2D eigenvalue weighted by atomic mass is 19.4. The van der Waals surface area contributed by atoms with Gasteiger partial charge in [0.2, 0.25) is 0 Å². The summed E-state index contributed by atoms with van der Waals surface area (Å²) in [5.74, 6) is 1.58. The lowest BCUT2D eigenvalue weighted by Crippen LogP contribution is -2.41. The molecule has 3 heterocycles. The smallest absolute Gasteiger partial charge is 0.396 e. The first-order chi connectivity index (χ1) is 15.7. The van der Waals surface area contributed by atoms with E-state index in [9.17, 15) is 18.3 Å². The molecular weight excluding hydrogens is 431 g/mol. The number of nitrogens with zero attached hydrogens (tertiary/aromatic N) is 4. The van der Waals surface area contributed by atoms with Crippen molar-refractivity contribution in [3.05, 3.63) is 29.6 Å². The first-order valence-electron chi connectivity index (χ1n) is 11.9. The second kappa shape index (κ2) is 8.27. The summed E-state index contributed by atoms with van der Waals surface area (Å²) in [6, 6.07) is 3.74. The predicted octanol–water partition coefficient (Wildman–Crippen LogP) is 4.32. The molecule has 0 unspecified atom stereocenters. The monoisotopic (exact) mass is 463 g/mol. The molecule has 2 aliphatic carbocycles. The fourth-order valence-electron chi connectivity index (χ4n) is 6.10. The van der Waals surface area contributed by atoms with Crippen LogP contribution in [-0.4, -0.2) is 50.5 Å². The Balaban J connectivity index is 1.33. The van der Waals surface area contributed by atoms with Crippen LogP contribution in [0.3, 0.4) is 0 Å². The van der Waals surface area contributed by atoms with Crippen LogP contribution >= 0.6 is 0 Å². The van der Waals surface area contributed by atoms with Gasteiger partial charge in [-0.25, -0.2) is 4.98 Å². The molecule has 33 heavy (non-hydrogen) atoms. The maximum atomic E-state index is 13.3. The Kier molecular flexibility index (Phi) is 5.68. The normalized spacial score (nSPS) is 28.5. The minimum Gasteiger partial charge on any atom is -0.396 e. The summed E-state index contributed by atoms with van der Waals surface area (Å²) in [6.45, 7) is 6.53. The third kappa shape index (κ3) is 4.14. The topological polar surface area (TPSA) is 80.2 Å². The molecule has 5 rings (SSSR count). The zero-order valence-corrected chi connectivity index (χ0v) is 19.1. The van der Waals surface area contributed by atoms with E-state index in [4.69, 9.17) is 5.73 Å². The highest BCUT2D eigenvalue weighted by Gasteiger charge is 2.58. The van der Waals surface area contributed by atoms with E-state index in [0.29, 0.717) is 47.6 Å². The van der Waals surface area contributed by atoms with Crippen LogP contribution in [-0.2, 0) is 6.18 Å². The number of hydrogen-bond acceptors (Lipinski definition) is 5. The number of pyridine rings is 1. The van der Waals surface area contributed by atoms with Crippen LogP contribution in [0.15, 0.2) is 18.3 Å². The van der Waals surface area contributed by atoms with Crippen molar-refractivity contribution in [2.45, 2.75) is 63.7 Å². The van der Waals surface area contributed by atoms with Crippen LogP contribution in [0.5, 0.6) is 0 Å². The van der Waals surface area contributed by atoms with Crippen LogP contribution in [0.2, 0.25) is 0 Å². The summed E-state index contributed by atoms with van der Waals surface area (Å²) < 4.78 is 41.9. The standard InChI is InChI=1S/C24H32F3N5O/c1-13(2)32-21(10-20(30-32)15-7-19(24(25,26)27)23(28)29-11-15)22-17-8-16(9-18(17)22)31-5-3-14(12-33)4-6-31/h7,10-11,13-14,16-18,22,33H,3-6,8-9,12H2,1-2H3,(H2,28,29)/t16-,17+,18-,22-. The highest BCUT2D eigenvalue weighted by molar-refractivity contribution is 5.63. The van der Waals surface area contributed by atoms with Gasteiger partial charge in [0.05, 0.1) is 11.3 Å². The fraction of sp³-hybridized carbons (Fsp3) is 0.667. The molecular formula is C24H32F3N5O. The van der Waals surface area contributed by atoms with Crippen molar-refractivity contribution in [1.29, 1.82) is 0 Å². The summed E-state index contributed by atoms with van der Waals surface area (Å²) >= 11 is 0. The Morgan fingerprint density at radius 1 is 1.15 bits per heavy atom. The van der Waals surface area contributed by atoms with E-state index < -0.39 is 17.6 Å². The number of aliphatic hydroxyl groups is 1. The zero-order chi connectivity index (χ0) is 23.5. The summed E-state index contributed by atoms with van der Waals surface area (Å²) in [6.07, 6.45) is 1.31. The number of piperidine rings is 1. The lowest BCUT2D eigenvalue weighted by Gasteiger charge is -2.36. The van der Waals surface area contributed by atoms with Crippen molar-refractivity contribution < 1.29 is 18.3 Å². The van der Waals surface area contributed by atoms with Gasteiger partial charge in [-0.1, -0.05) is 0 Å². The average molecular weight is 464 g/mol. The molecule has 0 spiro atoms. The first kappa shape index (κ1) is 22.7. The Morgan fingerprint density at radius 3 is 2.39 bits per heavy atom. The maximum Gasteiger partial charge on any atom is 0.419 e. The van der Waals surface area contributed by atoms with Gasteiger partial charge in [0.25, 0.3) is 0 Å². The van der Waals surface area contributed by atoms with Gasteiger partial charge in [-0.15, -0.1) is 0 Å². The molecule has 0 bridgehead atoms. The minimum atomic E-state index is -4.55. The third-order valence-electron chi connectivity index (χ3n) is 7.96. The van der Waals surface area contributed by atoms with E-state index in [-0.39, 0.29) is 6.04 Å². The average Bonchev–Trinajstić information content (AvgIpc) is 3.13. The molecule has 2 saturated carbocycles. The Hall–Kier alpha value is -2.13. The van der Waals surface area contributed by atoms with E-state index in [1.54, 1.807) is 0 Å². The molecule has 180 valence electrons. The highest BCUT2D eigenvalue weighted by Crippen LogP contribution is 2.64. The van der Waals surface area contributed by atoms with Crippen LogP contribution < -0.4 is 5.73 Å². The van der Waals surface area contributed by atoms with Gasteiger partial charge in [-0.2, -0.15) is 18.3 Å². The Bertz CT molecular complexity index is 1000. The van der Waals surface area contributed by atoms with E-state index in [1.807, 2.05) is 10.7 Å². The van der Waals surface area contributed by atoms with Crippen molar-refractivity contribution in [2.24, 2.45) is 17.8 Å². The lowest BCUT2D eigenvalue weighted by molar-refractivity contribution is -0.137. The number of likely N-dealkylation sites (tertiary alicyclic amines) is 1. The van der Waals surface area contributed by atoms with Crippen LogP contribution in [0.1, 0.15) is 62.7 Å². The predicted molar refractivity (Wildman–Crippen MR) is 119 cm³/mol. The molecule has 2 aromatic rings. The summed E-state index contributed by atoms with van der Waals surface area (Å²) in [4.78, 5) is 6.38. The molecule has 0 radical (unpaired) electrons. The second-order valence-corrected chi connectivity index (χ2v) is 10.3. The molecule has 0 aromatic carbocycles. The Morgan fingerprint density at radius 2 is 1.82 bits per heavy atom. The number of hydrogen-bond donors (Lipinski definition) is 2. The van der Waals surface area contributed by atoms with E-state index in [1.165, 1.54) is 19.0 Å². The van der Waals surface area contributed by atoms with Crippen LogP contribution in [0.4, 0.5) is 19.0 Å². The molecule has 3 aliphatic rings. The lowest BCUT2D eigenvalue weighted by atomic mass is 9.94. The quantitative estimate of drug-likeness (QED) is 0.690. The fourth-order valence-corrected chi connectivity index (χ4v) is 6.10. The first-order valence-corrected chi connectivity index (χ1v) is 11.9. The number of anilines is 1. The summed E-state index contributed by atoms with van der Waals surface area (Å²) in [5.41, 5.74) is 6.54. The number of alkyl halides is 3. The number of rotatable bonds is 5. The van der Waals surface area contributed by atoms with Gasteiger partial charge in [-0.05, 0) is 82.5 Å². The Labute approximate surface area is 192 Å². The molecule has 9 heteroatoms. The minimum absolute atomic E-state index is 0.118. The van der Waals surface area contributed by atoms with E-state index >= 15 is 0 Å². The molecule has 3 N–H and O–H groups in total. The maximum absolute atomic E-state index is 13.3. The molecule has 4 atom stereocenters.